The number of piperazine rings is 1. The SMILES string of the molecule is C#CCOc1cccc(CN2CCN(c3ncc4c(n3)CCOC4)CC2)c1. The molecular formula is C21H24N4O2. The molecule has 6 heteroatoms. The summed E-state index contributed by atoms with van der Waals surface area (Å²) in [6.45, 7) is 6.43. The third-order valence-electron chi connectivity index (χ3n) is 4.96. The minimum absolute atomic E-state index is 0.301. The van der Waals surface area contributed by atoms with Crippen molar-refractivity contribution in [3.8, 4) is 18.1 Å². The Labute approximate surface area is 160 Å². The summed E-state index contributed by atoms with van der Waals surface area (Å²) in [5, 5.41) is 0. The van der Waals surface area contributed by atoms with Gasteiger partial charge in [0.15, 0.2) is 0 Å². The summed E-state index contributed by atoms with van der Waals surface area (Å²) in [6, 6.07) is 8.15. The van der Waals surface area contributed by atoms with E-state index in [0.29, 0.717) is 13.2 Å². The number of fused-ring (bicyclic) bond motifs is 1. The maximum atomic E-state index is 5.52. The molecule has 0 amide bonds. The quantitative estimate of drug-likeness (QED) is 0.755. The van der Waals surface area contributed by atoms with Gasteiger partial charge >= 0.3 is 0 Å². The Kier molecular flexibility index (Phi) is 5.52. The molecule has 4 rings (SSSR count). The smallest absolute Gasteiger partial charge is 0.225 e. The highest BCUT2D eigenvalue weighted by Gasteiger charge is 2.21. The number of benzene rings is 1. The Balaban J connectivity index is 1.33. The Bertz CT molecular complexity index is 825. The van der Waals surface area contributed by atoms with Crippen LogP contribution in [0.15, 0.2) is 30.5 Å². The molecule has 140 valence electrons. The lowest BCUT2D eigenvalue weighted by molar-refractivity contribution is 0.109. The van der Waals surface area contributed by atoms with E-state index in [-0.39, 0.29) is 0 Å². The molecule has 1 aromatic carbocycles. The molecule has 2 aliphatic rings. The van der Waals surface area contributed by atoms with Gasteiger partial charge in [0, 0.05) is 50.9 Å². The molecule has 0 bridgehead atoms. The van der Waals surface area contributed by atoms with Crippen molar-refractivity contribution >= 4 is 5.95 Å². The van der Waals surface area contributed by atoms with Gasteiger partial charge in [-0.25, -0.2) is 9.97 Å². The normalized spacial score (nSPS) is 17.2. The highest BCUT2D eigenvalue weighted by atomic mass is 16.5. The molecule has 6 nitrogen and oxygen atoms in total. The number of anilines is 1. The molecule has 27 heavy (non-hydrogen) atoms. The third kappa shape index (κ3) is 4.38. The summed E-state index contributed by atoms with van der Waals surface area (Å²) in [5.41, 5.74) is 3.50. The maximum absolute atomic E-state index is 5.52. The van der Waals surface area contributed by atoms with Crippen LogP contribution in [0.3, 0.4) is 0 Å². The topological polar surface area (TPSA) is 50.7 Å². The maximum Gasteiger partial charge on any atom is 0.225 e. The Hall–Kier alpha value is -2.62. The van der Waals surface area contributed by atoms with Crippen molar-refractivity contribution in [1.29, 1.82) is 0 Å². The van der Waals surface area contributed by atoms with Crippen molar-refractivity contribution in [2.24, 2.45) is 0 Å². The fraction of sp³-hybridized carbons (Fsp3) is 0.429. The second kappa shape index (κ2) is 8.38. The summed E-state index contributed by atoms with van der Waals surface area (Å²) in [6.07, 6.45) is 8.06. The van der Waals surface area contributed by atoms with Crippen LogP contribution in [0.4, 0.5) is 5.95 Å². The molecular weight excluding hydrogens is 340 g/mol. The summed E-state index contributed by atoms with van der Waals surface area (Å²) in [4.78, 5) is 14.0. The predicted octanol–water partition coefficient (Wildman–Crippen LogP) is 1.88. The molecule has 1 saturated heterocycles. The van der Waals surface area contributed by atoms with E-state index < -0.39 is 0 Å². The van der Waals surface area contributed by atoms with Gasteiger partial charge in [-0.1, -0.05) is 18.1 Å². The van der Waals surface area contributed by atoms with Crippen molar-refractivity contribution in [2.75, 3.05) is 44.3 Å². The van der Waals surface area contributed by atoms with Gasteiger partial charge in [0.2, 0.25) is 5.95 Å². The molecule has 0 radical (unpaired) electrons. The summed E-state index contributed by atoms with van der Waals surface area (Å²) < 4.78 is 11.0. The number of hydrogen-bond donors (Lipinski definition) is 0. The fourth-order valence-corrected chi connectivity index (χ4v) is 3.49. The van der Waals surface area contributed by atoms with E-state index in [0.717, 1.165) is 68.7 Å². The molecule has 2 aliphatic heterocycles. The van der Waals surface area contributed by atoms with E-state index in [1.807, 2.05) is 18.3 Å². The number of ether oxygens (including phenoxy) is 2. The second-order valence-electron chi connectivity index (χ2n) is 6.85. The number of terminal acetylenes is 1. The minimum Gasteiger partial charge on any atom is -0.481 e. The van der Waals surface area contributed by atoms with E-state index in [2.05, 4.69) is 32.8 Å². The van der Waals surface area contributed by atoms with Gasteiger partial charge in [0.1, 0.15) is 12.4 Å². The van der Waals surface area contributed by atoms with Gasteiger partial charge in [-0.2, -0.15) is 0 Å². The molecule has 0 N–H and O–H groups in total. The van der Waals surface area contributed by atoms with E-state index in [4.69, 9.17) is 20.9 Å². The molecule has 0 saturated carbocycles. The monoisotopic (exact) mass is 364 g/mol. The van der Waals surface area contributed by atoms with Crippen molar-refractivity contribution in [3.05, 3.63) is 47.3 Å². The summed E-state index contributed by atoms with van der Waals surface area (Å²) >= 11 is 0. The number of nitrogens with zero attached hydrogens (tertiary/aromatic N) is 4. The molecule has 0 unspecified atom stereocenters. The Morgan fingerprint density at radius 1 is 1.22 bits per heavy atom. The molecule has 0 atom stereocenters. The number of aromatic nitrogens is 2. The van der Waals surface area contributed by atoms with E-state index in [1.165, 1.54) is 5.56 Å². The van der Waals surface area contributed by atoms with Crippen LogP contribution in [0.5, 0.6) is 5.75 Å². The van der Waals surface area contributed by atoms with Crippen molar-refractivity contribution < 1.29 is 9.47 Å². The van der Waals surface area contributed by atoms with E-state index in [1.54, 1.807) is 0 Å². The molecule has 0 spiro atoms. The number of rotatable bonds is 5. The summed E-state index contributed by atoms with van der Waals surface area (Å²) in [5.74, 6) is 4.18. The van der Waals surface area contributed by atoms with Crippen LogP contribution in [-0.2, 0) is 24.3 Å². The molecule has 2 aromatic rings. The van der Waals surface area contributed by atoms with Gasteiger partial charge < -0.3 is 14.4 Å². The molecule has 0 aliphatic carbocycles. The van der Waals surface area contributed by atoms with Crippen LogP contribution in [0.1, 0.15) is 16.8 Å². The third-order valence-corrected chi connectivity index (χ3v) is 4.96. The van der Waals surface area contributed by atoms with Gasteiger partial charge in [-0.15, -0.1) is 6.42 Å². The van der Waals surface area contributed by atoms with Crippen molar-refractivity contribution in [2.45, 2.75) is 19.6 Å². The lowest BCUT2D eigenvalue weighted by Crippen LogP contribution is -2.46. The summed E-state index contributed by atoms with van der Waals surface area (Å²) in [7, 11) is 0. The van der Waals surface area contributed by atoms with Crippen LogP contribution in [-0.4, -0.2) is 54.3 Å². The lowest BCUT2D eigenvalue weighted by atomic mass is 10.1. The van der Waals surface area contributed by atoms with Crippen LogP contribution in [0.25, 0.3) is 0 Å². The van der Waals surface area contributed by atoms with Crippen molar-refractivity contribution in [3.63, 3.8) is 0 Å². The zero-order chi connectivity index (χ0) is 18.5. The van der Waals surface area contributed by atoms with Crippen LogP contribution in [0.2, 0.25) is 0 Å². The molecule has 3 heterocycles. The molecule has 1 aromatic heterocycles. The average Bonchev–Trinajstić information content (AvgIpc) is 2.73. The first kappa shape index (κ1) is 17.8. The highest BCUT2D eigenvalue weighted by molar-refractivity contribution is 5.35. The van der Waals surface area contributed by atoms with Gasteiger partial charge in [-0.05, 0) is 17.7 Å². The van der Waals surface area contributed by atoms with Gasteiger partial charge in [0.25, 0.3) is 0 Å². The van der Waals surface area contributed by atoms with Crippen LogP contribution in [0, 0.1) is 12.3 Å². The zero-order valence-electron chi connectivity index (χ0n) is 15.4. The first-order valence-corrected chi connectivity index (χ1v) is 9.37. The zero-order valence-corrected chi connectivity index (χ0v) is 15.4. The number of hydrogen-bond acceptors (Lipinski definition) is 6. The fourth-order valence-electron chi connectivity index (χ4n) is 3.49. The Morgan fingerprint density at radius 2 is 2.11 bits per heavy atom. The Morgan fingerprint density at radius 3 is 2.96 bits per heavy atom. The van der Waals surface area contributed by atoms with Crippen molar-refractivity contribution in [1.82, 2.24) is 14.9 Å². The second-order valence-corrected chi connectivity index (χ2v) is 6.85. The minimum atomic E-state index is 0.301. The average molecular weight is 364 g/mol. The standard InChI is InChI=1S/C21H24N4O2/c1-2-11-27-19-5-3-4-17(13-19)15-24-7-9-25(10-8-24)21-22-14-18-16-26-12-6-20(18)23-21/h1,3-5,13-14H,6-12,15-16H2. The van der Waals surface area contributed by atoms with Gasteiger partial charge in [0.05, 0.1) is 18.9 Å². The largest absolute Gasteiger partial charge is 0.481 e. The highest BCUT2D eigenvalue weighted by Crippen LogP contribution is 2.20. The lowest BCUT2D eigenvalue weighted by Gasteiger charge is -2.35. The van der Waals surface area contributed by atoms with Gasteiger partial charge in [-0.3, -0.25) is 4.90 Å². The van der Waals surface area contributed by atoms with E-state index >= 15 is 0 Å². The van der Waals surface area contributed by atoms with Crippen LogP contribution >= 0.6 is 0 Å². The predicted molar refractivity (Wildman–Crippen MR) is 104 cm³/mol. The first-order chi connectivity index (χ1) is 13.3. The molecule has 1 fully saturated rings. The van der Waals surface area contributed by atoms with Crippen LogP contribution < -0.4 is 9.64 Å². The van der Waals surface area contributed by atoms with E-state index in [9.17, 15) is 0 Å². The first-order valence-electron chi connectivity index (χ1n) is 9.37.